The van der Waals surface area contributed by atoms with Gasteiger partial charge in [-0.05, 0) is 298 Å². The molecule has 0 nitrogen and oxygen atoms in total. The largest absolute Gasteiger partial charge is 0.135 e. The van der Waals surface area contributed by atoms with Crippen LogP contribution in [0.4, 0.5) is 0 Å². The molecule has 137 heavy (non-hydrogen) atoms. The van der Waals surface area contributed by atoms with E-state index in [1.807, 2.05) is 182 Å². The van der Waals surface area contributed by atoms with E-state index in [-0.39, 0.29) is 137 Å². The van der Waals surface area contributed by atoms with Crippen molar-refractivity contribution in [1.82, 2.24) is 0 Å². The summed E-state index contributed by atoms with van der Waals surface area (Å²) in [5.74, 6) is 0. The van der Waals surface area contributed by atoms with Gasteiger partial charge in [-0.1, -0.05) is 418 Å². The topological polar surface area (TPSA) is 0 Å². The summed E-state index contributed by atoms with van der Waals surface area (Å²) < 4.78 is 223. The minimum Gasteiger partial charge on any atom is -0.135 e. The van der Waals surface area contributed by atoms with Gasteiger partial charge in [0.1, 0.15) is 0 Å². The fourth-order valence-electron chi connectivity index (χ4n) is 20.5. The van der Waals surface area contributed by atoms with Crippen LogP contribution in [0.15, 0.2) is 497 Å². The number of benzene rings is 26. The Morgan fingerprint density at radius 1 is 0.124 bits per heavy atom. The van der Waals surface area contributed by atoms with Crippen molar-refractivity contribution in [2.24, 2.45) is 0 Å². The highest BCUT2D eigenvalue weighted by molar-refractivity contribution is 7.26. The first-order chi connectivity index (χ1) is 77.9. The van der Waals surface area contributed by atoms with Crippen LogP contribution >= 0.6 is 34.0 Å². The Morgan fingerprint density at radius 2 is 0.343 bits per heavy atom. The Hall–Kier alpha value is -16.8. The predicted molar refractivity (Wildman–Crippen MR) is 599 cm³/mol. The van der Waals surface area contributed by atoms with Crippen LogP contribution in [0.25, 0.3) is 279 Å². The number of rotatable bonds is 9. The maximum Gasteiger partial charge on any atom is 0.0629 e. The first kappa shape index (κ1) is 59.0. The van der Waals surface area contributed by atoms with E-state index < -0.39 is 72.5 Å². The maximum atomic E-state index is 9.38. The minimum absolute atomic E-state index is 0.203. The fourth-order valence-corrected chi connectivity index (χ4v) is 23.8. The van der Waals surface area contributed by atoms with E-state index in [0.29, 0.717) is 66.8 Å². The highest BCUT2D eigenvalue weighted by Crippen LogP contribution is 2.52. The summed E-state index contributed by atoms with van der Waals surface area (Å²) in [6, 6.07) is 108. The SMILES string of the molecule is [2H]c1c([2H])c([2H])c2c(-c3ccc(-c4ccc5sc6cc7ccccc7cc6c5c4)cc3)c3c([2H])c([2H])c([2H])c([2H])c3c(-c3ccccc3)c2c1[2H].[2H]c1c([2H])c([2H])c2c(-c3cccc4ccccc34)c3c([2H])c([2H])c([2H])c([2H])c3c(-c3ccc(-c4ccc5sc6cc7ccccc7cc6c5c4)cc3)c2c1[2H].[2H]c1c([2H])c([2H])c2c(-c3cccc4ccccc34)c3c([2H])c([2H])c([2H])c([2H])c3c(-c3cccc(-c4ccc5sc6cc7ccccc7cc6c5c4)c3)c2c1[2H]. The molecule has 29 rings (SSSR count). The van der Waals surface area contributed by atoms with Crippen LogP contribution in [0, 0.1) is 0 Å². The van der Waals surface area contributed by atoms with Gasteiger partial charge in [-0.2, -0.15) is 0 Å². The summed E-state index contributed by atoms with van der Waals surface area (Å²) in [5, 5.41) is 20.1. The van der Waals surface area contributed by atoms with Crippen molar-refractivity contribution in [3.63, 3.8) is 0 Å². The first-order valence-electron chi connectivity index (χ1n) is 57.2. The molecular formula is C134H82S3. The third-order valence-electron chi connectivity index (χ3n) is 26.8. The Bertz CT molecular complexity index is 11300. The standard InChI is InChI=1S/2C46H28S.C42H26S/c1-2-13-32-28-44-42(26-31(32)12-1)41-27-33(23-24-43(41)47-44)30-15-9-16-34(25-30)45-37-18-5-7-20-39(37)46(40-21-8-6-19-38(40)45)36-22-10-14-29-11-3-4-17-35(29)36;1-2-12-33-28-44-42(26-32(33)11-1)41-27-34(24-25-43(41)47-44)29-20-22-31(23-21-29)45-37-15-5-7-17-39(37)46(40-18-8-6-16-38(40)45)36-19-9-13-30-10-3-4-14-35(30)36;1-2-10-28(11-3-1)41-33-14-6-8-16-35(33)42(36-17-9-7-15-34(36)41)29-20-18-27(19-21-29)32-22-23-39-37(25-32)38-24-30-12-4-5-13-31(30)26-40(38)43-39/h2*1-28H;1-26H/i5D,6D,7D,8D,18D,19D,20D,21D;5D,6D,7D,8D,15D,16D,17D,18D;6D,7D,8D,9D,14D,15D,16D,17D. The van der Waals surface area contributed by atoms with Crippen LogP contribution in [-0.4, -0.2) is 0 Å². The zero-order chi connectivity index (χ0) is 111. The monoisotopic (exact) mass is 1810 g/mol. The van der Waals surface area contributed by atoms with Gasteiger partial charge >= 0.3 is 0 Å². The molecule has 0 N–H and O–H groups in total. The predicted octanol–water partition coefficient (Wildman–Crippen LogP) is 39.9. The van der Waals surface area contributed by atoms with Crippen molar-refractivity contribution in [2.45, 2.75) is 0 Å². The van der Waals surface area contributed by atoms with Crippen molar-refractivity contribution >= 4 is 213 Å². The second-order valence-electron chi connectivity index (χ2n) is 34.4. The van der Waals surface area contributed by atoms with E-state index in [2.05, 4.69) is 146 Å². The molecule has 26 aromatic carbocycles. The van der Waals surface area contributed by atoms with Gasteiger partial charge in [0.25, 0.3) is 0 Å². The van der Waals surface area contributed by atoms with Gasteiger partial charge in [0.15, 0.2) is 0 Å². The molecule has 0 amide bonds. The molecule has 0 bridgehead atoms. The number of hydrogen-bond acceptors (Lipinski definition) is 3. The second kappa shape index (κ2) is 33.2. The minimum atomic E-state index is -0.415. The van der Waals surface area contributed by atoms with Crippen molar-refractivity contribution in [3.05, 3.63) is 497 Å². The highest BCUT2D eigenvalue weighted by atomic mass is 32.1. The van der Waals surface area contributed by atoms with E-state index >= 15 is 0 Å². The van der Waals surface area contributed by atoms with Gasteiger partial charge in [0.2, 0.25) is 0 Å². The van der Waals surface area contributed by atoms with Crippen molar-refractivity contribution in [1.29, 1.82) is 0 Å². The van der Waals surface area contributed by atoms with Gasteiger partial charge in [-0.25, -0.2) is 0 Å². The Morgan fingerprint density at radius 3 is 0.679 bits per heavy atom. The lowest BCUT2D eigenvalue weighted by Gasteiger charge is -2.19. The van der Waals surface area contributed by atoms with Gasteiger partial charge in [-0.15, -0.1) is 34.0 Å². The smallest absolute Gasteiger partial charge is 0.0629 e. The summed E-state index contributed by atoms with van der Waals surface area (Å²) >= 11 is 5.29. The lowest BCUT2D eigenvalue weighted by molar-refractivity contribution is 1.63. The van der Waals surface area contributed by atoms with Gasteiger partial charge in [0.05, 0.1) is 32.9 Å². The molecule has 0 spiro atoms. The zero-order valence-electron chi connectivity index (χ0n) is 96.7. The normalized spacial score (nSPS) is 14.2. The van der Waals surface area contributed by atoms with Gasteiger partial charge < -0.3 is 0 Å². The summed E-state index contributed by atoms with van der Waals surface area (Å²) in [6.07, 6.45) is 0. The van der Waals surface area contributed by atoms with Gasteiger partial charge in [-0.3, -0.25) is 0 Å². The van der Waals surface area contributed by atoms with Gasteiger partial charge in [0, 0.05) is 60.5 Å². The first-order valence-corrected chi connectivity index (χ1v) is 47.6. The fraction of sp³-hybridized carbons (Fsp3) is 0. The second-order valence-corrected chi connectivity index (χ2v) is 37.7. The molecule has 3 heteroatoms. The molecule has 0 aliphatic heterocycles. The summed E-state index contributed by atoms with van der Waals surface area (Å²) in [6.45, 7) is 0. The molecule has 0 aliphatic carbocycles. The third-order valence-corrected chi connectivity index (χ3v) is 30.2. The van der Waals surface area contributed by atoms with E-state index in [1.165, 1.54) is 87.4 Å². The number of fused-ring (bicyclic) bond motifs is 20. The van der Waals surface area contributed by atoms with Crippen LogP contribution in [0.3, 0.4) is 0 Å². The lowest BCUT2D eigenvalue weighted by atomic mass is 9.84. The molecule has 0 fully saturated rings. The quantitative estimate of drug-likeness (QED) is 0.126. The Labute approximate surface area is 837 Å². The summed E-state index contributed by atoms with van der Waals surface area (Å²) in [7, 11) is 0. The van der Waals surface area contributed by atoms with Crippen molar-refractivity contribution < 1.29 is 32.9 Å². The molecular weight excluding hydrogens is 1710 g/mol. The molecule has 0 atom stereocenters. The van der Waals surface area contributed by atoms with Crippen LogP contribution < -0.4 is 0 Å². The van der Waals surface area contributed by atoms with E-state index in [9.17, 15) is 11.0 Å². The molecule has 0 aliphatic rings. The average Bonchev–Trinajstić information content (AvgIpc) is 0.983. The van der Waals surface area contributed by atoms with Crippen molar-refractivity contribution in [3.8, 4) is 100 Å². The van der Waals surface area contributed by atoms with E-state index in [0.717, 1.165) is 60.3 Å². The molecule has 0 radical (unpaired) electrons. The lowest BCUT2D eigenvalue weighted by Crippen LogP contribution is -1.92. The highest BCUT2D eigenvalue weighted by Gasteiger charge is 2.24. The zero-order valence-corrected chi connectivity index (χ0v) is 75.2. The van der Waals surface area contributed by atoms with Crippen LogP contribution in [0.5, 0.6) is 0 Å². The molecule has 0 saturated carbocycles. The van der Waals surface area contributed by atoms with E-state index in [1.54, 1.807) is 58.3 Å². The summed E-state index contributed by atoms with van der Waals surface area (Å²) in [5.41, 5.74) is 11.4. The van der Waals surface area contributed by atoms with Crippen LogP contribution in [-0.2, 0) is 0 Å². The maximum absolute atomic E-state index is 9.38. The molecule has 3 aromatic heterocycles. The molecule has 29 aromatic rings. The molecule has 636 valence electrons. The molecule has 0 saturated heterocycles. The van der Waals surface area contributed by atoms with Crippen molar-refractivity contribution in [2.75, 3.05) is 0 Å². The average molecular weight is 1810 g/mol. The Kier molecular flexibility index (Phi) is 14.3. The number of hydrogen-bond donors (Lipinski definition) is 0. The van der Waals surface area contributed by atoms with Crippen LogP contribution in [0.2, 0.25) is 0 Å². The Balaban J connectivity index is 0.000000116. The number of thiophene rings is 3. The molecule has 3 heterocycles. The van der Waals surface area contributed by atoms with Crippen LogP contribution in [0.1, 0.15) is 32.9 Å². The van der Waals surface area contributed by atoms with E-state index in [4.69, 9.17) is 21.9 Å². The third kappa shape index (κ3) is 13.8. The molecule has 0 unspecified atom stereocenters. The summed E-state index contributed by atoms with van der Waals surface area (Å²) in [4.78, 5) is 0.